The molecule has 1 atom stereocenters. The number of nitrogens with one attached hydrogen (secondary N) is 1. The maximum atomic E-state index is 12.4. The molecule has 0 saturated heterocycles. The first-order valence-corrected chi connectivity index (χ1v) is 8.21. The predicted molar refractivity (Wildman–Crippen MR) is 98.7 cm³/mol. The number of hydrogen-bond donors (Lipinski definition) is 1. The predicted octanol–water partition coefficient (Wildman–Crippen LogP) is 3.17. The number of carbonyl (C=O) groups is 2. The molecule has 0 aromatic heterocycles. The number of ether oxygens (including phenoxy) is 1. The van der Waals surface area contributed by atoms with Gasteiger partial charge >= 0.3 is 0 Å². The summed E-state index contributed by atoms with van der Waals surface area (Å²) < 4.78 is 5.61. The second kappa shape index (κ2) is 8.33. The van der Waals surface area contributed by atoms with Crippen molar-refractivity contribution in [2.75, 3.05) is 18.9 Å². The smallest absolute Gasteiger partial charge is 0.263 e. The Bertz CT molecular complexity index is 724. The van der Waals surface area contributed by atoms with E-state index in [9.17, 15) is 9.59 Å². The average molecular weight is 340 g/mol. The topological polar surface area (TPSA) is 58.6 Å². The van der Waals surface area contributed by atoms with Crippen LogP contribution >= 0.6 is 0 Å². The van der Waals surface area contributed by atoms with Crippen LogP contribution in [0.15, 0.2) is 48.5 Å². The molecule has 132 valence electrons. The van der Waals surface area contributed by atoms with Crippen LogP contribution in [0.1, 0.15) is 18.1 Å². The lowest BCUT2D eigenvalue weighted by molar-refractivity contribution is -0.139. The number of benzene rings is 2. The molecule has 0 saturated carbocycles. The molecule has 25 heavy (non-hydrogen) atoms. The minimum absolute atomic E-state index is 0.0326. The normalized spacial score (nSPS) is 11.5. The van der Waals surface area contributed by atoms with Crippen molar-refractivity contribution in [2.24, 2.45) is 0 Å². The van der Waals surface area contributed by atoms with Gasteiger partial charge < -0.3 is 15.0 Å². The van der Waals surface area contributed by atoms with E-state index in [-0.39, 0.29) is 18.4 Å². The summed E-state index contributed by atoms with van der Waals surface area (Å²) in [5, 5.41) is 2.88. The number of rotatable bonds is 6. The third kappa shape index (κ3) is 5.08. The van der Waals surface area contributed by atoms with Crippen LogP contribution in [0, 0.1) is 13.8 Å². The Hall–Kier alpha value is -2.82. The van der Waals surface area contributed by atoms with Crippen LogP contribution in [-0.2, 0) is 9.59 Å². The van der Waals surface area contributed by atoms with Gasteiger partial charge in [0, 0.05) is 12.7 Å². The van der Waals surface area contributed by atoms with Gasteiger partial charge in [-0.2, -0.15) is 0 Å². The number of likely N-dealkylation sites (N-methyl/N-ethyl adjacent to an activating group) is 1. The molecule has 0 spiro atoms. The largest absolute Gasteiger partial charge is 0.481 e. The quantitative estimate of drug-likeness (QED) is 0.879. The van der Waals surface area contributed by atoms with Crippen molar-refractivity contribution in [1.29, 1.82) is 0 Å². The highest BCUT2D eigenvalue weighted by atomic mass is 16.5. The number of hydrogen-bond acceptors (Lipinski definition) is 3. The molecular formula is C20H24N2O3. The molecule has 0 radical (unpaired) electrons. The molecule has 0 fully saturated rings. The number of amides is 2. The van der Waals surface area contributed by atoms with Gasteiger partial charge in [-0.15, -0.1) is 0 Å². The molecule has 0 bridgehead atoms. The lowest BCUT2D eigenvalue weighted by Crippen LogP contribution is -2.42. The van der Waals surface area contributed by atoms with Crippen LogP contribution in [0.3, 0.4) is 0 Å². The molecule has 0 aliphatic heterocycles. The van der Waals surface area contributed by atoms with E-state index >= 15 is 0 Å². The Morgan fingerprint density at radius 2 is 1.64 bits per heavy atom. The molecule has 2 rings (SSSR count). The summed E-state index contributed by atoms with van der Waals surface area (Å²) in [5.41, 5.74) is 2.77. The van der Waals surface area contributed by atoms with Crippen molar-refractivity contribution in [1.82, 2.24) is 4.90 Å². The van der Waals surface area contributed by atoms with E-state index < -0.39 is 6.10 Å². The lowest BCUT2D eigenvalue weighted by atomic mass is 10.1. The fraction of sp³-hybridized carbons (Fsp3) is 0.300. The van der Waals surface area contributed by atoms with Crippen LogP contribution in [0.2, 0.25) is 0 Å². The third-order valence-corrected chi connectivity index (χ3v) is 3.91. The fourth-order valence-electron chi connectivity index (χ4n) is 2.55. The Morgan fingerprint density at radius 1 is 1.04 bits per heavy atom. The Morgan fingerprint density at radius 3 is 2.24 bits per heavy atom. The fourth-order valence-corrected chi connectivity index (χ4v) is 2.55. The van der Waals surface area contributed by atoms with E-state index in [1.165, 1.54) is 4.90 Å². The Balaban J connectivity index is 1.92. The van der Waals surface area contributed by atoms with Gasteiger partial charge in [0.2, 0.25) is 5.91 Å². The van der Waals surface area contributed by atoms with E-state index in [1.807, 2.05) is 50.2 Å². The SMILES string of the molecule is Cc1cccc(C)c1NC(=O)CN(C)C(=O)C(C)Oc1ccccc1. The Labute approximate surface area is 148 Å². The van der Waals surface area contributed by atoms with Gasteiger partial charge in [0.25, 0.3) is 5.91 Å². The van der Waals surface area contributed by atoms with Gasteiger partial charge in [0.15, 0.2) is 6.10 Å². The van der Waals surface area contributed by atoms with Crippen LogP contribution in [0.5, 0.6) is 5.75 Å². The minimum Gasteiger partial charge on any atom is -0.481 e. The van der Waals surface area contributed by atoms with Crippen LogP contribution in [0.4, 0.5) is 5.69 Å². The monoisotopic (exact) mass is 340 g/mol. The number of carbonyl (C=O) groups excluding carboxylic acids is 2. The van der Waals surface area contributed by atoms with E-state index in [4.69, 9.17) is 4.74 Å². The third-order valence-electron chi connectivity index (χ3n) is 3.91. The number of nitrogens with zero attached hydrogens (tertiary/aromatic N) is 1. The van der Waals surface area contributed by atoms with Gasteiger partial charge in [-0.25, -0.2) is 0 Å². The first-order valence-electron chi connectivity index (χ1n) is 8.21. The summed E-state index contributed by atoms with van der Waals surface area (Å²) in [6, 6.07) is 15.0. The molecular weight excluding hydrogens is 316 g/mol. The molecule has 2 aromatic carbocycles. The van der Waals surface area contributed by atoms with Crippen LogP contribution in [0.25, 0.3) is 0 Å². The number of para-hydroxylation sites is 2. The summed E-state index contributed by atoms with van der Waals surface area (Å²) in [5.74, 6) is 0.136. The van der Waals surface area contributed by atoms with Gasteiger partial charge in [-0.05, 0) is 44.0 Å². The van der Waals surface area contributed by atoms with Crippen molar-refractivity contribution >= 4 is 17.5 Å². The highest BCUT2D eigenvalue weighted by Gasteiger charge is 2.21. The molecule has 2 amide bonds. The van der Waals surface area contributed by atoms with E-state index in [1.54, 1.807) is 26.1 Å². The van der Waals surface area contributed by atoms with Gasteiger partial charge in [0.1, 0.15) is 5.75 Å². The van der Waals surface area contributed by atoms with Crippen molar-refractivity contribution < 1.29 is 14.3 Å². The van der Waals surface area contributed by atoms with Gasteiger partial charge in [0.05, 0.1) is 6.54 Å². The Kier molecular flexibility index (Phi) is 6.17. The van der Waals surface area contributed by atoms with Crippen LogP contribution in [-0.4, -0.2) is 36.4 Å². The zero-order valence-corrected chi connectivity index (χ0v) is 15.1. The molecule has 5 heteroatoms. The summed E-state index contributed by atoms with van der Waals surface area (Å²) in [4.78, 5) is 26.0. The molecule has 0 aliphatic rings. The molecule has 2 aromatic rings. The van der Waals surface area contributed by atoms with Crippen LogP contribution < -0.4 is 10.1 Å². The van der Waals surface area contributed by atoms with E-state index in [0.717, 1.165) is 16.8 Å². The second-order valence-corrected chi connectivity index (χ2v) is 6.08. The molecule has 1 N–H and O–H groups in total. The zero-order valence-electron chi connectivity index (χ0n) is 15.1. The average Bonchev–Trinajstić information content (AvgIpc) is 2.58. The molecule has 1 unspecified atom stereocenters. The molecule has 5 nitrogen and oxygen atoms in total. The van der Waals surface area contributed by atoms with Gasteiger partial charge in [-0.1, -0.05) is 36.4 Å². The summed E-state index contributed by atoms with van der Waals surface area (Å²) in [6.07, 6.45) is -0.666. The highest BCUT2D eigenvalue weighted by Crippen LogP contribution is 2.19. The zero-order chi connectivity index (χ0) is 18.4. The number of anilines is 1. The van der Waals surface area contributed by atoms with Gasteiger partial charge in [-0.3, -0.25) is 9.59 Å². The van der Waals surface area contributed by atoms with E-state index in [0.29, 0.717) is 5.75 Å². The standard InChI is InChI=1S/C20H24N2O3/c1-14-9-8-10-15(2)19(14)21-18(23)13-22(4)20(24)16(3)25-17-11-6-5-7-12-17/h5-12,16H,13H2,1-4H3,(H,21,23). The summed E-state index contributed by atoms with van der Waals surface area (Å²) in [7, 11) is 1.59. The van der Waals surface area contributed by atoms with Crippen molar-refractivity contribution in [3.8, 4) is 5.75 Å². The molecule has 0 heterocycles. The maximum Gasteiger partial charge on any atom is 0.263 e. The van der Waals surface area contributed by atoms with E-state index in [2.05, 4.69) is 5.32 Å². The molecule has 0 aliphatic carbocycles. The maximum absolute atomic E-state index is 12.4. The number of aryl methyl sites for hydroxylation is 2. The van der Waals surface area contributed by atoms with Crippen molar-refractivity contribution in [2.45, 2.75) is 26.9 Å². The minimum atomic E-state index is -0.666. The summed E-state index contributed by atoms with van der Waals surface area (Å²) >= 11 is 0. The highest BCUT2D eigenvalue weighted by molar-refractivity contribution is 5.96. The first kappa shape index (κ1) is 18.5. The first-order chi connectivity index (χ1) is 11.9. The van der Waals surface area contributed by atoms with Crippen molar-refractivity contribution in [3.63, 3.8) is 0 Å². The second-order valence-electron chi connectivity index (χ2n) is 6.08. The lowest BCUT2D eigenvalue weighted by Gasteiger charge is -2.22. The summed E-state index contributed by atoms with van der Waals surface area (Å²) in [6.45, 7) is 5.52. The van der Waals surface area contributed by atoms with Crippen molar-refractivity contribution in [3.05, 3.63) is 59.7 Å².